The molecule has 1 saturated heterocycles. The first-order valence-electron chi connectivity index (χ1n) is 6.06. The molecular formula is C12H23NO. The van der Waals surface area contributed by atoms with Gasteiger partial charge in [-0.15, -0.1) is 0 Å². The molecule has 1 atom stereocenters. The number of nitrogens with two attached hydrogens (primary N) is 1. The molecule has 1 saturated carbocycles. The molecule has 2 heteroatoms. The molecule has 0 spiro atoms. The van der Waals surface area contributed by atoms with Crippen molar-refractivity contribution in [2.24, 2.45) is 17.1 Å². The highest BCUT2D eigenvalue weighted by Gasteiger charge is 2.45. The zero-order valence-corrected chi connectivity index (χ0v) is 9.30. The molecule has 1 heterocycles. The topological polar surface area (TPSA) is 35.2 Å². The van der Waals surface area contributed by atoms with Crippen molar-refractivity contribution in [3.8, 4) is 0 Å². The molecule has 82 valence electrons. The molecule has 0 radical (unpaired) electrons. The summed E-state index contributed by atoms with van der Waals surface area (Å²) in [5.74, 6) is 0.940. The minimum atomic E-state index is 0.355. The molecule has 1 aliphatic carbocycles. The Labute approximate surface area is 87.2 Å². The van der Waals surface area contributed by atoms with E-state index in [0.717, 1.165) is 19.1 Å². The van der Waals surface area contributed by atoms with Gasteiger partial charge in [-0.05, 0) is 38.5 Å². The molecule has 2 fully saturated rings. The average Bonchev–Trinajstić information content (AvgIpc) is 2.55. The predicted octanol–water partition coefficient (Wildman–Crippen LogP) is 2.32. The highest BCUT2D eigenvalue weighted by atomic mass is 16.5. The zero-order chi connectivity index (χ0) is 10.0. The van der Waals surface area contributed by atoms with Gasteiger partial charge < -0.3 is 10.5 Å². The largest absolute Gasteiger partial charge is 0.380 e. The Kier molecular flexibility index (Phi) is 3.13. The summed E-state index contributed by atoms with van der Waals surface area (Å²) in [6.45, 7) is 4.12. The van der Waals surface area contributed by atoms with Gasteiger partial charge in [0.1, 0.15) is 0 Å². The van der Waals surface area contributed by atoms with E-state index in [-0.39, 0.29) is 0 Å². The average molecular weight is 197 g/mol. The van der Waals surface area contributed by atoms with Crippen LogP contribution in [-0.2, 0) is 4.74 Å². The normalized spacial score (nSPS) is 28.7. The first-order chi connectivity index (χ1) is 6.73. The molecule has 2 rings (SSSR count). The summed E-state index contributed by atoms with van der Waals surface area (Å²) in [4.78, 5) is 0. The summed E-state index contributed by atoms with van der Waals surface area (Å²) in [6, 6.07) is 0.355. The van der Waals surface area contributed by atoms with Gasteiger partial charge in [-0.3, -0.25) is 0 Å². The molecule has 0 aromatic heterocycles. The smallest absolute Gasteiger partial charge is 0.0547 e. The molecule has 0 amide bonds. The van der Waals surface area contributed by atoms with Crippen molar-refractivity contribution in [2.75, 3.05) is 13.2 Å². The van der Waals surface area contributed by atoms with E-state index in [2.05, 4.69) is 6.92 Å². The highest BCUT2D eigenvalue weighted by Crippen LogP contribution is 2.47. The van der Waals surface area contributed by atoms with E-state index in [0.29, 0.717) is 11.5 Å². The molecule has 2 nitrogen and oxygen atoms in total. The Hall–Kier alpha value is -0.0800. The summed E-state index contributed by atoms with van der Waals surface area (Å²) in [5, 5.41) is 0. The Balaban J connectivity index is 1.88. The lowest BCUT2D eigenvalue weighted by Gasteiger charge is -2.46. The Bertz CT molecular complexity index is 181. The predicted molar refractivity (Wildman–Crippen MR) is 58.1 cm³/mol. The van der Waals surface area contributed by atoms with Crippen LogP contribution in [0.1, 0.15) is 45.4 Å². The van der Waals surface area contributed by atoms with E-state index in [4.69, 9.17) is 10.5 Å². The van der Waals surface area contributed by atoms with E-state index in [9.17, 15) is 0 Å². The van der Waals surface area contributed by atoms with Crippen molar-refractivity contribution in [1.29, 1.82) is 0 Å². The third-order valence-electron chi connectivity index (χ3n) is 4.10. The van der Waals surface area contributed by atoms with Crippen LogP contribution >= 0.6 is 0 Å². The van der Waals surface area contributed by atoms with Gasteiger partial charge in [0.2, 0.25) is 0 Å². The molecule has 2 aliphatic rings. The van der Waals surface area contributed by atoms with Crippen LogP contribution in [0, 0.1) is 11.3 Å². The van der Waals surface area contributed by atoms with E-state index >= 15 is 0 Å². The Morgan fingerprint density at radius 2 is 2.00 bits per heavy atom. The number of rotatable bonds is 4. The Morgan fingerprint density at radius 1 is 1.36 bits per heavy atom. The maximum Gasteiger partial charge on any atom is 0.0547 e. The fourth-order valence-electron chi connectivity index (χ4n) is 3.00. The summed E-state index contributed by atoms with van der Waals surface area (Å²) in [7, 11) is 0. The molecule has 14 heavy (non-hydrogen) atoms. The first-order valence-corrected chi connectivity index (χ1v) is 6.06. The van der Waals surface area contributed by atoms with Crippen molar-refractivity contribution in [1.82, 2.24) is 0 Å². The van der Waals surface area contributed by atoms with Crippen LogP contribution < -0.4 is 5.73 Å². The van der Waals surface area contributed by atoms with Gasteiger partial charge >= 0.3 is 0 Å². The van der Waals surface area contributed by atoms with Crippen molar-refractivity contribution in [3.05, 3.63) is 0 Å². The molecule has 1 unspecified atom stereocenters. The molecule has 0 aromatic rings. The quantitative estimate of drug-likeness (QED) is 0.750. The van der Waals surface area contributed by atoms with Crippen molar-refractivity contribution in [2.45, 2.75) is 51.5 Å². The van der Waals surface area contributed by atoms with Crippen LogP contribution in [0.25, 0.3) is 0 Å². The van der Waals surface area contributed by atoms with Crippen LogP contribution in [0.15, 0.2) is 0 Å². The van der Waals surface area contributed by atoms with Gasteiger partial charge in [0.05, 0.1) is 13.2 Å². The number of ether oxygens (including phenoxy) is 1. The van der Waals surface area contributed by atoms with Gasteiger partial charge in [0.25, 0.3) is 0 Å². The third kappa shape index (κ3) is 1.96. The van der Waals surface area contributed by atoms with Crippen molar-refractivity contribution >= 4 is 0 Å². The van der Waals surface area contributed by atoms with Crippen LogP contribution in [0.4, 0.5) is 0 Å². The van der Waals surface area contributed by atoms with Gasteiger partial charge in [0.15, 0.2) is 0 Å². The van der Waals surface area contributed by atoms with Gasteiger partial charge in [-0.1, -0.05) is 12.8 Å². The fourth-order valence-corrected chi connectivity index (χ4v) is 3.00. The second-order valence-corrected chi connectivity index (χ2v) is 5.35. The highest BCUT2D eigenvalue weighted by molar-refractivity contribution is 4.94. The fraction of sp³-hybridized carbons (Fsp3) is 1.00. The van der Waals surface area contributed by atoms with Gasteiger partial charge in [-0.2, -0.15) is 0 Å². The maximum atomic E-state index is 5.84. The van der Waals surface area contributed by atoms with Crippen LogP contribution in [0.3, 0.4) is 0 Å². The summed E-state index contributed by atoms with van der Waals surface area (Å²) >= 11 is 0. The van der Waals surface area contributed by atoms with E-state index in [1.165, 1.54) is 38.5 Å². The molecule has 0 aromatic carbocycles. The lowest BCUT2D eigenvalue weighted by atomic mass is 9.69. The van der Waals surface area contributed by atoms with Gasteiger partial charge in [0, 0.05) is 11.5 Å². The second-order valence-electron chi connectivity index (χ2n) is 5.35. The van der Waals surface area contributed by atoms with Crippen LogP contribution in [0.5, 0.6) is 0 Å². The van der Waals surface area contributed by atoms with E-state index < -0.39 is 0 Å². The molecule has 2 N–H and O–H groups in total. The Morgan fingerprint density at radius 3 is 2.43 bits per heavy atom. The van der Waals surface area contributed by atoms with Gasteiger partial charge in [-0.25, -0.2) is 0 Å². The number of hydrogen-bond donors (Lipinski definition) is 1. The lowest BCUT2D eigenvalue weighted by molar-refractivity contribution is -0.150. The SMILES string of the molecule is CC(N)CCC1(C2CCCC2)COC1. The molecule has 1 aliphatic heterocycles. The summed E-state index contributed by atoms with van der Waals surface area (Å²) in [5.41, 5.74) is 6.37. The minimum absolute atomic E-state index is 0.355. The number of hydrogen-bond acceptors (Lipinski definition) is 2. The van der Waals surface area contributed by atoms with Crippen molar-refractivity contribution < 1.29 is 4.74 Å². The molecule has 0 bridgehead atoms. The van der Waals surface area contributed by atoms with E-state index in [1.807, 2.05) is 0 Å². The standard InChI is InChI=1S/C12H23NO/c1-10(13)6-7-12(8-14-9-12)11-4-2-3-5-11/h10-11H,2-9,13H2,1H3. The third-order valence-corrected chi connectivity index (χ3v) is 4.10. The molecular weight excluding hydrogens is 174 g/mol. The maximum absolute atomic E-state index is 5.84. The van der Waals surface area contributed by atoms with E-state index in [1.54, 1.807) is 0 Å². The van der Waals surface area contributed by atoms with Crippen molar-refractivity contribution in [3.63, 3.8) is 0 Å². The first kappa shape index (κ1) is 10.4. The summed E-state index contributed by atoms with van der Waals surface area (Å²) < 4.78 is 5.44. The monoisotopic (exact) mass is 197 g/mol. The van der Waals surface area contributed by atoms with Crippen LogP contribution in [0.2, 0.25) is 0 Å². The summed E-state index contributed by atoms with van der Waals surface area (Å²) in [6.07, 6.45) is 8.19. The minimum Gasteiger partial charge on any atom is -0.380 e. The lowest BCUT2D eigenvalue weighted by Crippen LogP contribution is -2.48. The second kappa shape index (κ2) is 4.19. The zero-order valence-electron chi connectivity index (χ0n) is 9.30. The van der Waals surface area contributed by atoms with Crippen LogP contribution in [-0.4, -0.2) is 19.3 Å².